The number of H-pyrrole nitrogens is 1. The zero-order chi connectivity index (χ0) is 10.4. The average Bonchev–Trinajstić information content (AvgIpc) is 2.11. The number of methoxy groups -OCH3 is 1. The second-order valence-electron chi connectivity index (χ2n) is 2.51. The lowest BCUT2D eigenvalue weighted by molar-refractivity contribution is 0.0585. The van der Waals surface area contributed by atoms with Crippen LogP contribution in [-0.2, 0) is 16.1 Å². The smallest absolute Gasteiger partial charge is 0.224 e. The van der Waals surface area contributed by atoms with E-state index in [1.165, 1.54) is 0 Å². The van der Waals surface area contributed by atoms with Crippen molar-refractivity contribution < 1.29 is 9.47 Å². The molecule has 0 aromatic carbocycles. The molecule has 0 saturated heterocycles. The number of aromatic amines is 1. The highest BCUT2D eigenvalue weighted by atomic mass is 32.1. The van der Waals surface area contributed by atoms with Crippen LogP contribution in [0.5, 0.6) is 0 Å². The van der Waals surface area contributed by atoms with E-state index in [9.17, 15) is 0 Å². The molecule has 0 fully saturated rings. The molecule has 0 saturated carbocycles. The number of anilines is 1. The first-order valence-electron chi connectivity index (χ1n) is 4.02. The molecule has 3 N–H and O–H groups in total. The van der Waals surface area contributed by atoms with E-state index in [1.807, 2.05) is 0 Å². The molecule has 0 aliphatic carbocycles. The minimum atomic E-state index is 0.214. The lowest BCUT2D eigenvalue weighted by Gasteiger charge is -2.03. The van der Waals surface area contributed by atoms with Crippen molar-refractivity contribution in [3.63, 3.8) is 0 Å². The lowest BCUT2D eigenvalue weighted by Crippen LogP contribution is -2.07. The molecule has 0 amide bonds. The summed E-state index contributed by atoms with van der Waals surface area (Å²) in [6, 6.07) is 0. The van der Waals surface area contributed by atoms with Gasteiger partial charge in [-0.05, 0) is 12.2 Å². The molecule has 1 rings (SSSR count). The Bertz CT molecular complexity index is 341. The fraction of sp³-hybridized carbons (Fsp3) is 0.571. The number of nitrogens with zero attached hydrogens (tertiary/aromatic N) is 2. The third-order valence-corrected chi connectivity index (χ3v) is 1.57. The number of hydrogen-bond acceptors (Lipinski definition) is 6. The monoisotopic (exact) mass is 216 g/mol. The summed E-state index contributed by atoms with van der Waals surface area (Å²) in [6.45, 7) is 1.36. The van der Waals surface area contributed by atoms with Crippen LogP contribution < -0.4 is 5.73 Å². The molecule has 1 heterocycles. The molecule has 6 nitrogen and oxygen atoms in total. The van der Waals surface area contributed by atoms with E-state index in [1.54, 1.807) is 7.11 Å². The summed E-state index contributed by atoms with van der Waals surface area (Å²) in [5.74, 6) is 0.814. The summed E-state index contributed by atoms with van der Waals surface area (Å²) in [4.78, 5) is 10.4. The highest BCUT2D eigenvalue weighted by molar-refractivity contribution is 7.71. The molecule has 0 aliphatic rings. The molecule has 0 bridgehead atoms. The summed E-state index contributed by atoms with van der Waals surface area (Å²) < 4.78 is 10.3. The van der Waals surface area contributed by atoms with Gasteiger partial charge in [0, 0.05) is 7.11 Å². The van der Waals surface area contributed by atoms with Gasteiger partial charge < -0.3 is 20.2 Å². The highest BCUT2D eigenvalue weighted by Crippen LogP contribution is 1.95. The van der Waals surface area contributed by atoms with Gasteiger partial charge in [0.1, 0.15) is 12.4 Å². The number of rotatable bonds is 5. The van der Waals surface area contributed by atoms with Crippen molar-refractivity contribution in [1.82, 2.24) is 15.0 Å². The second-order valence-corrected chi connectivity index (χ2v) is 2.87. The third kappa shape index (κ3) is 3.77. The van der Waals surface area contributed by atoms with Crippen molar-refractivity contribution in [3.8, 4) is 0 Å². The topological polar surface area (TPSA) is 86.1 Å². The van der Waals surface area contributed by atoms with Crippen LogP contribution >= 0.6 is 12.2 Å². The summed E-state index contributed by atoms with van der Waals surface area (Å²) in [5, 5.41) is 0. The molecule has 1 aromatic heterocycles. The Hall–Kier alpha value is -1.05. The first-order chi connectivity index (χ1) is 6.72. The molecule has 0 spiro atoms. The van der Waals surface area contributed by atoms with Gasteiger partial charge in [-0.3, -0.25) is 0 Å². The van der Waals surface area contributed by atoms with Gasteiger partial charge in [0.25, 0.3) is 0 Å². The molecular weight excluding hydrogens is 204 g/mol. The standard InChI is InChI=1S/C7H12N4O2S/c1-12-2-3-13-4-5-9-6(8)11-7(14)10-5/h2-4H2,1H3,(H3,8,9,10,11,14). The molecule has 0 unspecified atom stereocenters. The molecule has 7 heteroatoms. The maximum atomic E-state index is 5.44. The van der Waals surface area contributed by atoms with Crippen molar-refractivity contribution in [2.75, 3.05) is 26.1 Å². The van der Waals surface area contributed by atoms with Crippen LogP contribution in [0.2, 0.25) is 0 Å². The Morgan fingerprint density at radius 3 is 2.86 bits per heavy atom. The molecule has 0 atom stereocenters. The normalized spacial score (nSPS) is 10.4. The van der Waals surface area contributed by atoms with E-state index >= 15 is 0 Å². The quantitative estimate of drug-likeness (QED) is 0.543. The fourth-order valence-electron chi connectivity index (χ4n) is 0.827. The number of nitrogens with two attached hydrogens (primary N) is 1. The minimum Gasteiger partial charge on any atom is -0.382 e. The van der Waals surface area contributed by atoms with Gasteiger partial charge in [0.05, 0.1) is 13.2 Å². The number of aromatic nitrogens is 3. The van der Waals surface area contributed by atoms with E-state index < -0.39 is 0 Å². The summed E-state index contributed by atoms with van der Waals surface area (Å²) in [5.41, 5.74) is 5.44. The van der Waals surface area contributed by atoms with Crippen LogP contribution in [0.4, 0.5) is 5.95 Å². The Morgan fingerprint density at radius 2 is 2.21 bits per heavy atom. The average molecular weight is 216 g/mol. The van der Waals surface area contributed by atoms with Gasteiger partial charge in [-0.25, -0.2) is 4.98 Å². The van der Waals surface area contributed by atoms with Gasteiger partial charge in [0.2, 0.25) is 10.7 Å². The van der Waals surface area contributed by atoms with Gasteiger partial charge in [-0.2, -0.15) is 4.98 Å². The zero-order valence-corrected chi connectivity index (χ0v) is 8.63. The molecule has 0 radical (unpaired) electrons. The summed E-state index contributed by atoms with van der Waals surface area (Å²) in [6.07, 6.45) is 0. The number of hydrogen-bond donors (Lipinski definition) is 2. The predicted octanol–water partition coefficient (Wildman–Crippen LogP) is 0.279. The maximum Gasteiger partial charge on any atom is 0.224 e. The van der Waals surface area contributed by atoms with E-state index in [2.05, 4.69) is 15.0 Å². The Kier molecular flexibility index (Phi) is 4.44. The highest BCUT2D eigenvalue weighted by Gasteiger charge is 1.97. The van der Waals surface area contributed by atoms with E-state index in [-0.39, 0.29) is 10.7 Å². The summed E-state index contributed by atoms with van der Waals surface area (Å²) in [7, 11) is 1.61. The molecule has 0 aliphatic heterocycles. The van der Waals surface area contributed by atoms with Crippen molar-refractivity contribution in [1.29, 1.82) is 0 Å². The summed E-state index contributed by atoms with van der Waals surface area (Å²) >= 11 is 4.79. The fourth-order valence-corrected chi connectivity index (χ4v) is 1.04. The Balaban J connectivity index is 2.46. The van der Waals surface area contributed by atoms with Crippen molar-refractivity contribution in [2.45, 2.75) is 6.61 Å². The van der Waals surface area contributed by atoms with Crippen LogP contribution in [0.3, 0.4) is 0 Å². The Labute approximate surface area is 86.5 Å². The number of nitrogen functional groups attached to an aromatic ring is 1. The van der Waals surface area contributed by atoms with Crippen molar-refractivity contribution >= 4 is 18.2 Å². The maximum absolute atomic E-state index is 5.44. The number of ether oxygens (including phenoxy) is 2. The van der Waals surface area contributed by atoms with Crippen LogP contribution in [-0.4, -0.2) is 35.3 Å². The van der Waals surface area contributed by atoms with Crippen LogP contribution in [0.15, 0.2) is 0 Å². The predicted molar refractivity (Wildman–Crippen MR) is 53.2 cm³/mol. The van der Waals surface area contributed by atoms with E-state index in [0.29, 0.717) is 25.6 Å². The van der Waals surface area contributed by atoms with Crippen molar-refractivity contribution in [3.05, 3.63) is 10.6 Å². The lowest BCUT2D eigenvalue weighted by atomic mass is 10.6. The first kappa shape index (κ1) is 11.0. The molecule has 14 heavy (non-hydrogen) atoms. The largest absolute Gasteiger partial charge is 0.382 e. The van der Waals surface area contributed by atoms with Crippen LogP contribution in [0, 0.1) is 4.77 Å². The zero-order valence-electron chi connectivity index (χ0n) is 7.82. The van der Waals surface area contributed by atoms with Gasteiger partial charge in [-0.1, -0.05) is 0 Å². The first-order valence-corrected chi connectivity index (χ1v) is 4.42. The van der Waals surface area contributed by atoms with Gasteiger partial charge in [0.15, 0.2) is 0 Å². The van der Waals surface area contributed by atoms with Crippen LogP contribution in [0.1, 0.15) is 5.82 Å². The third-order valence-electron chi connectivity index (χ3n) is 1.39. The van der Waals surface area contributed by atoms with E-state index in [4.69, 9.17) is 27.4 Å². The van der Waals surface area contributed by atoms with Gasteiger partial charge in [-0.15, -0.1) is 0 Å². The molecule has 1 aromatic rings. The van der Waals surface area contributed by atoms with Crippen LogP contribution in [0.25, 0.3) is 0 Å². The minimum absolute atomic E-state index is 0.214. The van der Waals surface area contributed by atoms with Crippen molar-refractivity contribution in [2.24, 2.45) is 0 Å². The van der Waals surface area contributed by atoms with E-state index in [0.717, 1.165) is 0 Å². The Morgan fingerprint density at radius 1 is 1.43 bits per heavy atom. The molecule has 78 valence electrons. The second kappa shape index (κ2) is 5.63. The SMILES string of the molecule is COCCOCc1nc(=S)nc(N)[nH]1. The molecular formula is C7H12N4O2S. The number of nitrogens with one attached hydrogen (secondary N) is 1. The van der Waals surface area contributed by atoms with Gasteiger partial charge >= 0.3 is 0 Å².